The van der Waals surface area contributed by atoms with Gasteiger partial charge < -0.3 is 15.3 Å². The quantitative estimate of drug-likeness (QED) is 0.848. The zero-order valence-corrected chi connectivity index (χ0v) is 10.5. The van der Waals surface area contributed by atoms with E-state index in [1.165, 1.54) is 0 Å². The number of hydrogen-bond acceptors (Lipinski definition) is 3. The average molecular weight is 248 g/mol. The number of carbonyl (C=O) groups excluding carboxylic acids is 1. The zero-order chi connectivity index (χ0) is 12.8. The summed E-state index contributed by atoms with van der Waals surface area (Å²) >= 11 is 0. The van der Waals surface area contributed by atoms with Gasteiger partial charge in [-0.2, -0.15) is 0 Å². The van der Waals surface area contributed by atoms with E-state index in [2.05, 4.69) is 10.2 Å². The molecule has 1 aromatic rings. The van der Waals surface area contributed by atoms with E-state index in [-0.39, 0.29) is 12.0 Å². The number of anilines is 1. The number of amides is 1. The van der Waals surface area contributed by atoms with E-state index in [1.807, 2.05) is 30.3 Å². The predicted molar refractivity (Wildman–Crippen MR) is 71.4 cm³/mol. The average Bonchev–Trinajstić information content (AvgIpc) is 2.38. The highest BCUT2D eigenvalue weighted by Crippen LogP contribution is 2.10. The van der Waals surface area contributed by atoms with Crippen molar-refractivity contribution < 1.29 is 9.90 Å². The molecule has 4 nitrogen and oxygen atoms in total. The van der Waals surface area contributed by atoms with Gasteiger partial charge in [-0.05, 0) is 31.5 Å². The molecule has 0 spiro atoms. The summed E-state index contributed by atoms with van der Waals surface area (Å²) in [5, 5.41) is 12.4. The summed E-state index contributed by atoms with van der Waals surface area (Å²) in [4.78, 5) is 13.9. The highest BCUT2D eigenvalue weighted by molar-refractivity contribution is 5.90. The minimum atomic E-state index is -0.226. The maximum absolute atomic E-state index is 11.7. The third-order valence-corrected chi connectivity index (χ3v) is 3.19. The standard InChI is InChI=1S/C14H20N2O2/c17-13-7-4-9-16(11-13)10-8-14(18)15-12-5-2-1-3-6-12/h1-3,5-6,13,17H,4,7-11H2,(H,15,18)/t13-/m0/s1. The molecule has 98 valence electrons. The molecule has 1 aliphatic rings. The zero-order valence-electron chi connectivity index (χ0n) is 10.5. The number of nitrogens with one attached hydrogen (secondary N) is 1. The second-order valence-corrected chi connectivity index (χ2v) is 4.76. The summed E-state index contributed by atoms with van der Waals surface area (Å²) in [6.45, 7) is 2.39. The van der Waals surface area contributed by atoms with Gasteiger partial charge in [0.1, 0.15) is 0 Å². The molecule has 1 saturated heterocycles. The lowest BCUT2D eigenvalue weighted by Crippen LogP contribution is -2.39. The molecule has 0 bridgehead atoms. The maximum atomic E-state index is 11.7. The van der Waals surface area contributed by atoms with Crippen molar-refractivity contribution in [2.45, 2.75) is 25.4 Å². The third kappa shape index (κ3) is 4.13. The summed E-state index contributed by atoms with van der Waals surface area (Å²) in [5.74, 6) is 0.0289. The lowest BCUT2D eigenvalue weighted by Gasteiger charge is -2.29. The Morgan fingerprint density at radius 3 is 2.89 bits per heavy atom. The van der Waals surface area contributed by atoms with Gasteiger partial charge in [0.15, 0.2) is 0 Å². The molecule has 1 aliphatic heterocycles. The molecule has 1 fully saturated rings. The molecule has 18 heavy (non-hydrogen) atoms. The van der Waals surface area contributed by atoms with Gasteiger partial charge in [-0.15, -0.1) is 0 Å². The maximum Gasteiger partial charge on any atom is 0.225 e. The van der Waals surface area contributed by atoms with Crippen molar-refractivity contribution in [3.63, 3.8) is 0 Å². The van der Waals surface area contributed by atoms with Gasteiger partial charge in [0.25, 0.3) is 0 Å². The second-order valence-electron chi connectivity index (χ2n) is 4.76. The number of aliphatic hydroxyl groups is 1. The fraction of sp³-hybridized carbons (Fsp3) is 0.500. The van der Waals surface area contributed by atoms with Crippen molar-refractivity contribution in [2.75, 3.05) is 25.0 Å². The molecule has 1 atom stereocenters. The van der Waals surface area contributed by atoms with Crippen molar-refractivity contribution in [3.05, 3.63) is 30.3 Å². The number of benzene rings is 1. The monoisotopic (exact) mass is 248 g/mol. The third-order valence-electron chi connectivity index (χ3n) is 3.19. The van der Waals surface area contributed by atoms with E-state index in [0.717, 1.165) is 31.6 Å². The summed E-state index contributed by atoms with van der Waals surface area (Å²) in [7, 11) is 0. The minimum Gasteiger partial charge on any atom is -0.392 e. The number of hydrogen-bond donors (Lipinski definition) is 2. The van der Waals surface area contributed by atoms with Crippen molar-refractivity contribution >= 4 is 11.6 Å². The fourth-order valence-electron chi connectivity index (χ4n) is 2.24. The van der Waals surface area contributed by atoms with Crippen LogP contribution in [0.3, 0.4) is 0 Å². The normalized spacial score (nSPS) is 20.6. The van der Waals surface area contributed by atoms with Crippen LogP contribution in [0.15, 0.2) is 30.3 Å². The number of nitrogens with zero attached hydrogens (tertiary/aromatic N) is 1. The van der Waals surface area contributed by atoms with Crippen LogP contribution >= 0.6 is 0 Å². The molecular weight excluding hydrogens is 228 g/mol. The van der Waals surface area contributed by atoms with Crippen LogP contribution in [0, 0.1) is 0 Å². The van der Waals surface area contributed by atoms with Crippen molar-refractivity contribution in [1.82, 2.24) is 4.90 Å². The Labute approximate surface area is 108 Å². The van der Waals surface area contributed by atoms with Gasteiger partial charge in [0.2, 0.25) is 5.91 Å². The van der Waals surface area contributed by atoms with Crippen molar-refractivity contribution in [2.24, 2.45) is 0 Å². The van der Waals surface area contributed by atoms with Gasteiger partial charge in [0, 0.05) is 25.2 Å². The van der Waals surface area contributed by atoms with Gasteiger partial charge in [-0.25, -0.2) is 0 Å². The molecule has 0 unspecified atom stereocenters. The SMILES string of the molecule is O=C(CCN1CCC[C@H](O)C1)Nc1ccccc1. The number of β-amino-alcohol motifs (C(OH)–C–C–N with tert-alkyl or cyclic N) is 1. The van der Waals surface area contributed by atoms with E-state index < -0.39 is 0 Å². The molecule has 0 saturated carbocycles. The molecule has 1 amide bonds. The Bertz CT molecular complexity index is 381. The summed E-state index contributed by atoms with van der Waals surface area (Å²) in [6, 6.07) is 9.48. The van der Waals surface area contributed by atoms with Gasteiger partial charge in [-0.1, -0.05) is 18.2 Å². The second kappa shape index (κ2) is 6.52. The van der Waals surface area contributed by atoms with Crippen LogP contribution in [0.4, 0.5) is 5.69 Å². The van der Waals surface area contributed by atoms with Crippen molar-refractivity contribution in [3.8, 4) is 0 Å². The Kier molecular flexibility index (Phi) is 4.73. The fourth-order valence-corrected chi connectivity index (χ4v) is 2.24. The van der Waals surface area contributed by atoms with Gasteiger partial charge in [-0.3, -0.25) is 4.79 Å². The summed E-state index contributed by atoms with van der Waals surface area (Å²) in [5.41, 5.74) is 0.834. The Morgan fingerprint density at radius 1 is 1.39 bits per heavy atom. The van der Waals surface area contributed by atoms with E-state index in [9.17, 15) is 9.90 Å². The molecule has 2 rings (SSSR count). The van der Waals surface area contributed by atoms with Crippen LogP contribution in [-0.2, 0) is 4.79 Å². The highest BCUT2D eigenvalue weighted by atomic mass is 16.3. The van der Waals surface area contributed by atoms with Crippen LogP contribution in [0.2, 0.25) is 0 Å². The van der Waals surface area contributed by atoms with E-state index in [1.54, 1.807) is 0 Å². The van der Waals surface area contributed by atoms with E-state index in [4.69, 9.17) is 0 Å². The number of piperidine rings is 1. The molecule has 0 radical (unpaired) electrons. The Hall–Kier alpha value is -1.39. The Morgan fingerprint density at radius 2 is 2.17 bits per heavy atom. The molecule has 4 heteroatoms. The topological polar surface area (TPSA) is 52.6 Å². The highest BCUT2D eigenvalue weighted by Gasteiger charge is 2.17. The molecule has 2 N–H and O–H groups in total. The first-order valence-electron chi connectivity index (χ1n) is 6.49. The van der Waals surface area contributed by atoms with Crippen molar-refractivity contribution in [1.29, 1.82) is 0 Å². The lowest BCUT2D eigenvalue weighted by atomic mass is 10.1. The lowest BCUT2D eigenvalue weighted by molar-refractivity contribution is -0.116. The number of para-hydroxylation sites is 1. The molecular formula is C14H20N2O2. The first-order chi connectivity index (χ1) is 8.74. The van der Waals surface area contributed by atoms with E-state index in [0.29, 0.717) is 13.0 Å². The Balaban J connectivity index is 1.71. The number of likely N-dealkylation sites (tertiary alicyclic amines) is 1. The van der Waals surface area contributed by atoms with Crippen LogP contribution < -0.4 is 5.32 Å². The summed E-state index contributed by atoms with van der Waals surface area (Å²) in [6.07, 6.45) is 2.14. The molecule has 1 heterocycles. The molecule has 0 aliphatic carbocycles. The number of carbonyl (C=O) groups is 1. The molecule has 0 aromatic heterocycles. The number of rotatable bonds is 4. The van der Waals surface area contributed by atoms with Crippen LogP contribution in [0.5, 0.6) is 0 Å². The first-order valence-corrected chi connectivity index (χ1v) is 6.49. The summed E-state index contributed by atoms with van der Waals surface area (Å²) < 4.78 is 0. The minimum absolute atomic E-state index is 0.0289. The van der Waals surface area contributed by atoms with Crippen LogP contribution in [0.1, 0.15) is 19.3 Å². The van der Waals surface area contributed by atoms with E-state index >= 15 is 0 Å². The van der Waals surface area contributed by atoms with Crippen LogP contribution in [0.25, 0.3) is 0 Å². The van der Waals surface area contributed by atoms with Gasteiger partial charge in [0.05, 0.1) is 6.10 Å². The number of aliphatic hydroxyl groups excluding tert-OH is 1. The predicted octanol–water partition coefficient (Wildman–Crippen LogP) is 1.47. The van der Waals surface area contributed by atoms with Crippen LogP contribution in [-0.4, -0.2) is 41.7 Å². The first kappa shape index (κ1) is 13.1. The largest absolute Gasteiger partial charge is 0.392 e. The smallest absolute Gasteiger partial charge is 0.225 e. The van der Waals surface area contributed by atoms with Gasteiger partial charge >= 0.3 is 0 Å². The molecule has 1 aromatic carbocycles.